The number of amides is 2. The molecule has 0 aliphatic heterocycles. The number of urea groups is 1. The molecule has 0 saturated heterocycles. The Hall–Kier alpha value is -1.75. The van der Waals surface area contributed by atoms with E-state index in [0.29, 0.717) is 18.3 Å². The van der Waals surface area contributed by atoms with Gasteiger partial charge < -0.3 is 15.3 Å². The monoisotopic (exact) mass is 282 g/mol. The molecule has 1 aliphatic carbocycles. The Balaban J connectivity index is 2.10. The number of aromatic carboxylic acids is 1. The zero-order chi connectivity index (χ0) is 14.0. The third kappa shape index (κ3) is 3.17. The van der Waals surface area contributed by atoms with Gasteiger partial charge in [-0.15, -0.1) is 0 Å². The largest absolute Gasteiger partial charge is 0.478 e. The van der Waals surface area contributed by atoms with Crippen LogP contribution in [-0.2, 0) is 0 Å². The summed E-state index contributed by atoms with van der Waals surface area (Å²) in [5.41, 5.74) is 0.522. The van der Waals surface area contributed by atoms with E-state index in [4.69, 9.17) is 16.7 Å². The number of carboxylic acids is 1. The third-order valence-corrected chi connectivity index (χ3v) is 3.36. The van der Waals surface area contributed by atoms with Gasteiger partial charge in [-0.1, -0.05) is 11.6 Å². The molecule has 0 aromatic heterocycles. The highest BCUT2D eigenvalue weighted by atomic mass is 35.5. The van der Waals surface area contributed by atoms with Gasteiger partial charge in [0.2, 0.25) is 0 Å². The van der Waals surface area contributed by atoms with Crippen molar-refractivity contribution < 1.29 is 14.7 Å². The number of halogens is 1. The minimum absolute atomic E-state index is 0.0949. The molecule has 19 heavy (non-hydrogen) atoms. The summed E-state index contributed by atoms with van der Waals surface area (Å²) in [6, 6.07) is 4.37. The van der Waals surface area contributed by atoms with Gasteiger partial charge in [-0.25, -0.2) is 9.59 Å². The molecule has 0 bridgehead atoms. The summed E-state index contributed by atoms with van der Waals surface area (Å²) in [6.45, 7) is 2.56. The van der Waals surface area contributed by atoms with E-state index in [1.807, 2.05) is 6.92 Å². The number of hydrogen-bond acceptors (Lipinski definition) is 2. The van der Waals surface area contributed by atoms with Gasteiger partial charge in [-0.05, 0) is 38.0 Å². The number of rotatable bonds is 4. The van der Waals surface area contributed by atoms with E-state index in [9.17, 15) is 9.59 Å². The Labute approximate surface area is 116 Å². The van der Waals surface area contributed by atoms with E-state index in [2.05, 4.69) is 5.32 Å². The van der Waals surface area contributed by atoms with Crippen LogP contribution in [0.3, 0.4) is 0 Å². The van der Waals surface area contributed by atoms with Gasteiger partial charge in [-0.2, -0.15) is 0 Å². The molecule has 0 heterocycles. The number of nitrogens with zero attached hydrogens (tertiary/aromatic N) is 1. The zero-order valence-electron chi connectivity index (χ0n) is 10.5. The van der Waals surface area contributed by atoms with Gasteiger partial charge in [0.25, 0.3) is 0 Å². The normalized spacial score (nSPS) is 14.0. The average molecular weight is 283 g/mol. The molecule has 1 aromatic carbocycles. The Morgan fingerprint density at radius 3 is 2.63 bits per heavy atom. The van der Waals surface area contributed by atoms with Gasteiger partial charge >= 0.3 is 12.0 Å². The van der Waals surface area contributed by atoms with E-state index in [0.717, 1.165) is 12.8 Å². The number of nitrogens with one attached hydrogen (secondary N) is 1. The first-order valence-electron chi connectivity index (χ1n) is 6.13. The molecule has 2 rings (SSSR count). The van der Waals surface area contributed by atoms with E-state index < -0.39 is 5.97 Å². The number of hydrogen-bond donors (Lipinski definition) is 2. The van der Waals surface area contributed by atoms with Crippen molar-refractivity contribution in [2.75, 3.05) is 11.9 Å². The summed E-state index contributed by atoms with van der Waals surface area (Å²) < 4.78 is 0. The Kier molecular flexibility index (Phi) is 3.95. The van der Waals surface area contributed by atoms with Gasteiger partial charge in [-0.3, -0.25) is 0 Å². The highest BCUT2D eigenvalue weighted by molar-refractivity contribution is 6.34. The lowest BCUT2D eigenvalue weighted by Gasteiger charge is -2.21. The quantitative estimate of drug-likeness (QED) is 0.892. The number of carbonyl (C=O) groups is 2. The van der Waals surface area contributed by atoms with Crippen LogP contribution in [-0.4, -0.2) is 34.6 Å². The van der Waals surface area contributed by atoms with Crippen LogP contribution in [0.4, 0.5) is 10.5 Å². The number of carbonyl (C=O) groups excluding carboxylic acids is 1. The van der Waals surface area contributed by atoms with Crippen LogP contribution in [0.1, 0.15) is 30.1 Å². The Morgan fingerprint density at radius 1 is 1.47 bits per heavy atom. The molecule has 0 unspecified atom stereocenters. The number of benzene rings is 1. The standard InChI is InChI=1S/C13H15ClN2O3/c1-2-16(9-4-5-9)13(19)15-11-6-3-8(12(17)18)7-10(11)14/h3,6-7,9H,2,4-5H2,1H3,(H,15,19)(H,17,18). The van der Waals surface area contributed by atoms with Crippen LogP contribution in [0.5, 0.6) is 0 Å². The topological polar surface area (TPSA) is 69.6 Å². The highest BCUT2D eigenvalue weighted by Gasteiger charge is 2.31. The van der Waals surface area contributed by atoms with E-state index in [1.54, 1.807) is 4.90 Å². The summed E-state index contributed by atoms with van der Waals surface area (Å²) >= 11 is 5.96. The molecule has 0 atom stereocenters. The van der Waals surface area contributed by atoms with Crippen molar-refractivity contribution in [2.24, 2.45) is 0 Å². The van der Waals surface area contributed by atoms with Crippen LogP contribution in [0, 0.1) is 0 Å². The average Bonchev–Trinajstić information content (AvgIpc) is 3.17. The zero-order valence-corrected chi connectivity index (χ0v) is 11.3. The summed E-state index contributed by atoms with van der Waals surface area (Å²) in [7, 11) is 0. The van der Waals surface area contributed by atoms with Crippen LogP contribution in [0.15, 0.2) is 18.2 Å². The fourth-order valence-electron chi connectivity index (χ4n) is 1.89. The molecule has 0 radical (unpaired) electrons. The first-order valence-corrected chi connectivity index (χ1v) is 6.51. The highest BCUT2D eigenvalue weighted by Crippen LogP contribution is 2.28. The molecule has 5 nitrogen and oxygen atoms in total. The first kappa shape index (κ1) is 13.7. The van der Waals surface area contributed by atoms with Crippen LogP contribution < -0.4 is 5.32 Å². The van der Waals surface area contributed by atoms with Gasteiger partial charge in [0, 0.05) is 12.6 Å². The summed E-state index contributed by atoms with van der Waals surface area (Å²) in [5.74, 6) is -1.05. The lowest BCUT2D eigenvalue weighted by Crippen LogP contribution is -2.36. The fraction of sp³-hybridized carbons (Fsp3) is 0.385. The van der Waals surface area contributed by atoms with Crippen LogP contribution in [0.25, 0.3) is 0 Å². The van der Waals surface area contributed by atoms with Crippen LogP contribution >= 0.6 is 11.6 Å². The number of anilines is 1. The second kappa shape index (κ2) is 5.48. The molecule has 2 N–H and O–H groups in total. The minimum Gasteiger partial charge on any atom is -0.478 e. The molecule has 0 spiro atoms. The molecular weight excluding hydrogens is 268 g/mol. The van der Waals surface area contributed by atoms with Crippen molar-refractivity contribution in [1.29, 1.82) is 0 Å². The van der Waals surface area contributed by atoms with Crippen molar-refractivity contribution in [3.05, 3.63) is 28.8 Å². The van der Waals surface area contributed by atoms with E-state index in [-0.39, 0.29) is 16.6 Å². The maximum atomic E-state index is 12.0. The fourth-order valence-corrected chi connectivity index (χ4v) is 2.12. The minimum atomic E-state index is -1.05. The lowest BCUT2D eigenvalue weighted by molar-refractivity contribution is 0.0697. The lowest BCUT2D eigenvalue weighted by atomic mass is 10.2. The van der Waals surface area contributed by atoms with E-state index >= 15 is 0 Å². The Morgan fingerprint density at radius 2 is 2.16 bits per heavy atom. The van der Waals surface area contributed by atoms with Crippen LogP contribution in [0.2, 0.25) is 5.02 Å². The summed E-state index contributed by atoms with van der Waals surface area (Å²) in [5, 5.41) is 11.8. The molecular formula is C13H15ClN2O3. The third-order valence-electron chi connectivity index (χ3n) is 3.05. The predicted octanol–water partition coefficient (Wildman–Crippen LogP) is 3.05. The molecule has 1 saturated carbocycles. The molecule has 1 aromatic rings. The Bertz CT molecular complexity index is 515. The molecule has 1 aliphatic rings. The van der Waals surface area contributed by atoms with Crippen molar-refractivity contribution in [3.8, 4) is 0 Å². The van der Waals surface area contributed by atoms with Gasteiger partial charge in [0.05, 0.1) is 16.3 Å². The molecule has 6 heteroatoms. The van der Waals surface area contributed by atoms with Gasteiger partial charge in [0.15, 0.2) is 0 Å². The molecule has 102 valence electrons. The number of carboxylic acid groups (broad SMARTS) is 1. The second-order valence-electron chi connectivity index (χ2n) is 4.45. The van der Waals surface area contributed by atoms with Gasteiger partial charge in [0.1, 0.15) is 0 Å². The van der Waals surface area contributed by atoms with E-state index in [1.165, 1.54) is 18.2 Å². The van der Waals surface area contributed by atoms with Crippen molar-refractivity contribution in [3.63, 3.8) is 0 Å². The van der Waals surface area contributed by atoms with Crippen molar-refractivity contribution in [1.82, 2.24) is 4.90 Å². The first-order chi connectivity index (χ1) is 9.02. The summed E-state index contributed by atoms with van der Waals surface area (Å²) in [6.07, 6.45) is 2.07. The molecule has 1 fully saturated rings. The SMILES string of the molecule is CCN(C(=O)Nc1ccc(C(=O)O)cc1Cl)C1CC1. The maximum absolute atomic E-state index is 12.0. The summed E-state index contributed by atoms with van der Waals surface area (Å²) in [4.78, 5) is 24.6. The van der Waals surface area contributed by atoms with Crippen molar-refractivity contribution in [2.45, 2.75) is 25.8 Å². The second-order valence-corrected chi connectivity index (χ2v) is 4.85. The molecule has 2 amide bonds. The maximum Gasteiger partial charge on any atom is 0.335 e. The van der Waals surface area contributed by atoms with Crippen molar-refractivity contribution >= 4 is 29.3 Å². The predicted molar refractivity (Wildman–Crippen MR) is 72.8 cm³/mol. The smallest absolute Gasteiger partial charge is 0.335 e.